The summed E-state index contributed by atoms with van der Waals surface area (Å²) in [5.41, 5.74) is 4.96. The van der Waals surface area contributed by atoms with E-state index in [4.69, 9.17) is 14.2 Å². The number of nitrogens with zero attached hydrogens (tertiary/aromatic N) is 3. The first-order valence-corrected chi connectivity index (χ1v) is 11.9. The van der Waals surface area contributed by atoms with Gasteiger partial charge in [0.25, 0.3) is 0 Å². The van der Waals surface area contributed by atoms with Crippen LogP contribution in [0.15, 0.2) is 42.5 Å². The van der Waals surface area contributed by atoms with Crippen LogP contribution >= 0.6 is 0 Å². The molecule has 1 N–H and O–H groups in total. The van der Waals surface area contributed by atoms with E-state index >= 15 is 0 Å². The van der Waals surface area contributed by atoms with Crippen LogP contribution in [0.2, 0.25) is 0 Å². The molecule has 1 aromatic heterocycles. The fourth-order valence-electron chi connectivity index (χ4n) is 3.56. The minimum atomic E-state index is -0.948. The monoisotopic (exact) mass is 481 g/mol. The molecule has 0 saturated heterocycles. The number of ether oxygens (including phenoxy) is 3. The van der Waals surface area contributed by atoms with Gasteiger partial charge in [-0.2, -0.15) is 0 Å². The summed E-state index contributed by atoms with van der Waals surface area (Å²) in [5, 5.41) is 18.8. The molecule has 3 aromatic rings. The number of aryl methyl sites for hydroxylation is 2. The smallest absolute Gasteiger partial charge is 0.330 e. The fourth-order valence-corrected chi connectivity index (χ4v) is 3.56. The largest absolute Gasteiger partial charge is 0.463 e. The zero-order chi connectivity index (χ0) is 25.4. The van der Waals surface area contributed by atoms with Crippen LogP contribution in [0.4, 0.5) is 0 Å². The fraction of sp³-hybridized carbons (Fsp3) is 0.444. The van der Waals surface area contributed by atoms with E-state index in [9.17, 15) is 9.90 Å². The number of aliphatic hydroxyl groups is 1. The maximum Gasteiger partial charge on any atom is 0.330 e. The molecule has 0 saturated carbocycles. The van der Waals surface area contributed by atoms with Crippen molar-refractivity contribution in [1.82, 2.24) is 15.0 Å². The number of rotatable bonds is 11. The number of hydrogen-bond donors (Lipinski definition) is 1. The molecule has 0 spiro atoms. The van der Waals surface area contributed by atoms with Crippen molar-refractivity contribution in [2.24, 2.45) is 0 Å². The molecule has 188 valence electrons. The number of carbonyl (C=O) groups is 1. The van der Waals surface area contributed by atoms with Gasteiger partial charge in [-0.05, 0) is 69.9 Å². The third kappa shape index (κ3) is 7.71. The maximum atomic E-state index is 11.6. The summed E-state index contributed by atoms with van der Waals surface area (Å²) in [7, 11) is 0. The van der Waals surface area contributed by atoms with Crippen molar-refractivity contribution in [3.63, 3.8) is 0 Å². The molecule has 1 unspecified atom stereocenters. The number of aliphatic hydroxyl groups excluding tert-OH is 1. The lowest BCUT2D eigenvalue weighted by Gasteiger charge is -2.24. The average molecular weight is 482 g/mol. The van der Waals surface area contributed by atoms with Crippen LogP contribution in [0.25, 0.3) is 17.1 Å². The highest BCUT2D eigenvalue weighted by Crippen LogP contribution is 2.23. The molecular weight excluding hydrogens is 446 g/mol. The maximum absolute atomic E-state index is 11.6. The van der Waals surface area contributed by atoms with Crippen LogP contribution in [-0.4, -0.2) is 44.9 Å². The molecular formula is C27H35N3O5. The molecule has 8 nitrogen and oxygen atoms in total. The topological polar surface area (TPSA) is 95.7 Å². The van der Waals surface area contributed by atoms with E-state index in [-0.39, 0.29) is 5.97 Å². The minimum absolute atomic E-state index is 0.350. The van der Waals surface area contributed by atoms with Crippen LogP contribution in [0.5, 0.6) is 0 Å². The summed E-state index contributed by atoms with van der Waals surface area (Å²) < 4.78 is 18.2. The first kappa shape index (κ1) is 26.5. The molecule has 0 aliphatic rings. The van der Waals surface area contributed by atoms with Crippen molar-refractivity contribution in [3.05, 3.63) is 64.7 Å². The summed E-state index contributed by atoms with van der Waals surface area (Å²) in [6, 6.07) is 11.5. The van der Waals surface area contributed by atoms with E-state index < -0.39 is 11.9 Å². The van der Waals surface area contributed by atoms with E-state index in [1.165, 1.54) is 6.08 Å². The molecule has 0 fully saturated rings. The molecule has 0 bridgehead atoms. The van der Waals surface area contributed by atoms with Crippen LogP contribution < -0.4 is 0 Å². The molecule has 0 amide bonds. The lowest BCUT2D eigenvalue weighted by molar-refractivity contribution is -0.169. The number of hydrogen-bond acceptors (Lipinski definition) is 7. The lowest BCUT2D eigenvalue weighted by atomic mass is 10.1. The Morgan fingerprint density at radius 3 is 2.60 bits per heavy atom. The van der Waals surface area contributed by atoms with Crippen LogP contribution in [0.3, 0.4) is 0 Å². The van der Waals surface area contributed by atoms with Gasteiger partial charge in [0.1, 0.15) is 5.52 Å². The Kier molecular flexibility index (Phi) is 9.14. The van der Waals surface area contributed by atoms with Crippen LogP contribution in [0.1, 0.15) is 62.7 Å². The second kappa shape index (κ2) is 12.1. The van der Waals surface area contributed by atoms with Gasteiger partial charge in [0.2, 0.25) is 0 Å². The lowest BCUT2D eigenvalue weighted by Crippen LogP contribution is -2.22. The predicted molar refractivity (Wildman–Crippen MR) is 134 cm³/mol. The molecule has 1 heterocycles. The van der Waals surface area contributed by atoms with Gasteiger partial charge in [0, 0.05) is 24.8 Å². The quantitative estimate of drug-likeness (QED) is 0.183. The average Bonchev–Trinajstić information content (AvgIpc) is 3.21. The molecule has 0 aliphatic heterocycles. The predicted octanol–water partition coefficient (Wildman–Crippen LogP) is 4.73. The SMILES string of the molecule is CCOC(=O)/C=C/c1ccc2c(nnn2CCCOCc2ccc(C(O)OC(C)(C)C)cc2)c1C. The van der Waals surface area contributed by atoms with Crippen LogP contribution in [0, 0.1) is 6.92 Å². The van der Waals surface area contributed by atoms with Gasteiger partial charge in [-0.15, -0.1) is 5.10 Å². The van der Waals surface area contributed by atoms with Crippen molar-refractivity contribution < 1.29 is 24.1 Å². The van der Waals surface area contributed by atoms with Crippen LogP contribution in [-0.2, 0) is 32.2 Å². The van der Waals surface area contributed by atoms with Crippen molar-refractivity contribution in [2.75, 3.05) is 13.2 Å². The van der Waals surface area contributed by atoms with Gasteiger partial charge in [0.05, 0.1) is 24.3 Å². The van der Waals surface area contributed by atoms with E-state index in [1.807, 2.05) is 68.8 Å². The van der Waals surface area contributed by atoms with Gasteiger partial charge in [-0.3, -0.25) is 0 Å². The zero-order valence-corrected chi connectivity index (χ0v) is 21.2. The summed E-state index contributed by atoms with van der Waals surface area (Å²) in [6.45, 7) is 11.6. The standard InChI is InChI=1S/C27H35N3O5/c1-6-34-24(31)15-13-21-12-14-23-25(19(21)2)28-29-30(23)16-7-17-33-18-20-8-10-22(11-9-20)26(32)35-27(3,4)5/h8-15,26,32H,6-7,16-18H2,1-5H3/b15-13+. The Morgan fingerprint density at radius 2 is 1.91 bits per heavy atom. The second-order valence-corrected chi connectivity index (χ2v) is 9.28. The number of benzene rings is 2. The molecule has 8 heteroatoms. The Morgan fingerprint density at radius 1 is 1.17 bits per heavy atom. The highest BCUT2D eigenvalue weighted by atomic mass is 16.6. The highest BCUT2D eigenvalue weighted by Gasteiger charge is 2.18. The summed E-state index contributed by atoms with van der Waals surface area (Å²) in [4.78, 5) is 11.6. The molecule has 0 aliphatic carbocycles. The third-order valence-corrected chi connectivity index (χ3v) is 5.33. The molecule has 1 atom stereocenters. The Hall–Kier alpha value is -3.07. The second-order valence-electron chi connectivity index (χ2n) is 9.28. The van der Waals surface area contributed by atoms with Gasteiger partial charge in [-0.25, -0.2) is 9.48 Å². The number of carbonyl (C=O) groups excluding carboxylic acids is 1. The van der Waals surface area contributed by atoms with Gasteiger partial charge in [-0.1, -0.05) is 35.5 Å². The van der Waals surface area contributed by atoms with E-state index in [1.54, 1.807) is 13.0 Å². The number of esters is 1. The zero-order valence-electron chi connectivity index (χ0n) is 21.2. The molecule has 35 heavy (non-hydrogen) atoms. The van der Waals surface area contributed by atoms with Crippen molar-refractivity contribution in [1.29, 1.82) is 0 Å². The van der Waals surface area contributed by atoms with Crippen molar-refractivity contribution in [3.8, 4) is 0 Å². The third-order valence-electron chi connectivity index (χ3n) is 5.33. The molecule has 3 rings (SSSR count). The first-order chi connectivity index (χ1) is 16.7. The summed E-state index contributed by atoms with van der Waals surface area (Å²) >= 11 is 0. The van der Waals surface area contributed by atoms with Crippen molar-refractivity contribution in [2.45, 2.75) is 66.1 Å². The van der Waals surface area contributed by atoms with Gasteiger partial charge >= 0.3 is 5.97 Å². The van der Waals surface area contributed by atoms with Gasteiger partial charge < -0.3 is 19.3 Å². The van der Waals surface area contributed by atoms with E-state index in [2.05, 4.69) is 10.3 Å². The molecule has 0 radical (unpaired) electrons. The number of aromatic nitrogens is 3. The van der Waals surface area contributed by atoms with E-state index in [0.717, 1.165) is 39.7 Å². The Balaban J connectivity index is 1.48. The molecule has 2 aromatic carbocycles. The normalized spacial score (nSPS) is 13.0. The minimum Gasteiger partial charge on any atom is -0.463 e. The summed E-state index contributed by atoms with van der Waals surface area (Å²) in [5.74, 6) is -0.362. The Labute approximate surface area is 206 Å². The van der Waals surface area contributed by atoms with Gasteiger partial charge in [0.15, 0.2) is 6.29 Å². The Bertz CT molecular complexity index is 1150. The van der Waals surface area contributed by atoms with Crippen molar-refractivity contribution >= 4 is 23.1 Å². The highest BCUT2D eigenvalue weighted by molar-refractivity contribution is 5.89. The van der Waals surface area contributed by atoms with E-state index in [0.29, 0.717) is 26.4 Å². The first-order valence-electron chi connectivity index (χ1n) is 11.9. The summed E-state index contributed by atoms with van der Waals surface area (Å²) in [6.07, 6.45) is 3.01. The number of fused-ring (bicyclic) bond motifs is 1.